The SMILES string of the molecule is CCn1nc(C(=O)OCC(=O)c2ccc(F)cc2)c2ccccc2c1=O. The van der Waals surface area contributed by atoms with E-state index in [9.17, 15) is 18.8 Å². The van der Waals surface area contributed by atoms with Crippen molar-refractivity contribution in [3.05, 3.63) is 76.0 Å². The third-order valence-electron chi connectivity index (χ3n) is 3.86. The molecular weight excluding hydrogens is 339 g/mol. The van der Waals surface area contributed by atoms with Crippen LogP contribution in [0.3, 0.4) is 0 Å². The molecule has 3 rings (SSSR count). The van der Waals surface area contributed by atoms with E-state index in [-0.39, 0.29) is 16.8 Å². The first kappa shape index (κ1) is 17.5. The van der Waals surface area contributed by atoms with Gasteiger partial charge in [0.1, 0.15) is 5.82 Å². The van der Waals surface area contributed by atoms with Crippen molar-refractivity contribution in [1.82, 2.24) is 9.78 Å². The first-order valence-electron chi connectivity index (χ1n) is 7.97. The van der Waals surface area contributed by atoms with Crippen LogP contribution >= 0.6 is 0 Å². The lowest BCUT2D eigenvalue weighted by molar-refractivity contribution is 0.0468. The van der Waals surface area contributed by atoms with Gasteiger partial charge in [0.25, 0.3) is 5.56 Å². The minimum Gasteiger partial charge on any atom is -0.452 e. The number of aryl methyl sites for hydroxylation is 1. The van der Waals surface area contributed by atoms with Gasteiger partial charge in [0, 0.05) is 17.5 Å². The number of benzene rings is 2. The lowest BCUT2D eigenvalue weighted by atomic mass is 10.1. The number of carbonyl (C=O) groups is 2. The molecule has 26 heavy (non-hydrogen) atoms. The van der Waals surface area contributed by atoms with Crippen LogP contribution in [-0.2, 0) is 11.3 Å². The van der Waals surface area contributed by atoms with Gasteiger partial charge in [-0.1, -0.05) is 18.2 Å². The van der Waals surface area contributed by atoms with E-state index < -0.39 is 24.2 Å². The lowest BCUT2D eigenvalue weighted by Gasteiger charge is -2.09. The predicted molar refractivity (Wildman–Crippen MR) is 92.7 cm³/mol. The summed E-state index contributed by atoms with van der Waals surface area (Å²) in [6.07, 6.45) is 0. The summed E-state index contributed by atoms with van der Waals surface area (Å²) in [6, 6.07) is 11.5. The highest BCUT2D eigenvalue weighted by molar-refractivity contribution is 6.04. The molecule has 1 heterocycles. The molecule has 0 unspecified atom stereocenters. The monoisotopic (exact) mass is 354 g/mol. The second-order valence-electron chi connectivity index (χ2n) is 5.52. The molecule has 0 aliphatic heterocycles. The average Bonchev–Trinajstić information content (AvgIpc) is 2.67. The third-order valence-corrected chi connectivity index (χ3v) is 3.86. The molecule has 0 N–H and O–H groups in total. The summed E-state index contributed by atoms with van der Waals surface area (Å²) >= 11 is 0. The van der Waals surface area contributed by atoms with E-state index in [1.807, 2.05) is 0 Å². The van der Waals surface area contributed by atoms with Crippen LogP contribution in [0.2, 0.25) is 0 Å². The van der Waals surface area contributed by atoms with Crippen molar-refractivity contribution in [2.24, 2.45) is 0 Å². The van der Waals surface area contributed by atoms with E-state index in [2.05, 4.69) is 5.10 Å². The highest BCUT2D eigenvalue weighted by Gasteiger charge is 2.19. The van der Waals surface area contributed by atoms with E-state index in [1.165, 1.54) is 16.8 Å². The van der Waals surface area contributed by atoms with E-state index in [4.69, 9.17) is 4.74 Å². The van der Waals surface area contributed by atoms with Crippen LogP contribution in [0.15, 0.2) is 53.3 Å². The summed E-state index contributed by atoms with van der Waals surface area (Å²) in [6.45, 7) is 1.51. The molecule has 0 spiro atoms. The van der Waals surface area contributed by atoms with Crippen LogP contribution in [0.5, 0.6) is 0 Å². The van der Waals surface area contributed by atoms with Gasteiger partial charge in [0.2, 0.25) is 0 Å². The van der Waals surface area contributed by atoms with Gasteiger partial charge < -0.3 is 4.74 Å². The zero-order valence-corrected chi connectivity index (χ0v) is 13.9. The molecular formula is C19H15FN2O4. The van der Waals surface area contributed by atoms with Gasteiger partial charge in [-0.3, -0.25) is 9.59 Å². The minimum atomic E-state index is -0.807. The van der Waals surface area contributed by atoms with Crippen molar-refractivity contribution in [3.8, 4) is 0 Å². The number of hydrogen-bond donors (Lipinski definition) is 0. The van der Waals surface area contributed by atoms with Crippen LogP contribution in [0.1, 0.15) is 27.8 Å². The quantitative estimate of drug-likeness (QED) is 0.520. The maximum atomic E-state index is 12.9. The number of aromatic nitrogens is 2. The Morgan fingerprint density at radius 2 is 1.73 bits per heavy atom. The molecule has 2 aromatic carbocycles. The van der Waals surface area contributed by atoms with Crippen molar-refractivity contribution in [3.63, 3.8) is 0 Å². The molecule has 0 saturated carbocycles. The van der Waals surface area contributed by atoms with Gasteiger partial charge in [0.05, 0.1) is 5.39 Å². The molecule has 132 valence electrons. The zero-order chi connectivity index (χ0) is 18.7. The Morgan fingerprint density at radius 1 is 1.08 bits per heavy atom. The van der Waals surface area contributed by atoms with Crippen molar-refractivity contribution < 1.29 is 18.7 Å². The summed E-state index contributed by atoms with van der Waals surface area (Å²) in [5.41, 5.74) is -0.105. The lowest BCUT2D eigenvalue weighted by Crippen LogP contribution is -2.26. The number of carbonyl (C=O) groups excluding carboxylic acids is 2. The summed E-state index contributed by atoms with van der Waals surface area (Å²) < 4.78 is 19.1. The van der Waals surface area contributed by atoms with E-state index in [0.29, 0.717) is 17.3 Å². The summed E-state index contributed by atoms with van der Waals surface area (Å²) in [7, 11) is 0. The molecule has 0 fully saturated rings. The first-order chi connectivity index (χ1) is 12.5. The Bertz CT molecular complexity index is 1040. The van der Waals surface area contributed by atoms with Gasteiger partial charge >= 0.3 is 5.97 Å². The standard InChI is InChI=1S/C19H15FN2O4/c1-2-22-18(24)15-6-4-3-5-14(15)17(21-22)19(25)26-11-16(23)12-7-9-13(20)10-8-12/h3-10H,2,11H2,1H3. The topological polar surface area (TPSA) is 78.3 Å². The fourth-order valence-corrected chi connectivity index (χ4v) is 2.52. The highest BCUT2D eigenvalue weighted by Crippen LogP contribution is 2.14. The summed E-state index contributed by atoms with van der Waals surface area (Å²) in [5, 5.41) is 4.76. The minimum absolute atomic E-state index is 0.0334. The van der Waals surface area contributed by atoms with Crippen LogP contribution in [0.25, 0.3) is 10.8 Å². The molecule has 3 aromatic rings. The molecule has 6 nitrogen and oxygen atoms in total. The van der Waals surface area contributed by atoms with Gasteiger partial charge in [-0.2, -0.15) is 5.10 Å². The number of nitrogens with zero attached hydrogens (tertiary/aromatic N) is 2. The van der Waals surface area contributed by atoms with Crippen molar-refractivity contribution in [2.75, 3.05) is 6.61 Å². The van der Waals surface area contributed by atoms with E-state index in [1.54, 1.807) is 31.2 Å². The highest BCUT2D eigenvalue weighted by atomic mass is 19.1. The second-order valence-corrected chi connectivity index (χ2v) is 5.52. The van der Waals surface area contributed by atoms with Crippen LogP contribution in [0, 0.1) is 5.82 Å². The van der Waals surface area contributed by atoms with Crippen LogP contribution in [0.4, 0.5) is 4.39 Å². The number of halogens is 1. The molecule has 0 aliphatic rings. The number of hydrogen-bond acceptors (Lipinski definition) is 5. The normalized spacial score (nSPS) is 10.7. The average molecular weight is 354 g/mol. The Hall–Kier alpha value is -3.35. The molecule has 7 heteroatoms. The third kappa shape index (κ3) is 3.37. The number of ether oxygens (including phenoxy) is 1. The van der Waals surface area contributed by atoms with Crippen molar-refractivity contribution >= 4 is 22.5 Å². The van der Waals surface area contributed by atoms with Gasteiger partial charge in [-0.15, -0.1) is 0 Å². The summed E-state index contributed by atoms with van der Waals surface area (Å²) in [4.78, 5) is 36.7. The maximum Gasteiger partial charge on any atom is 0.359 e. The fraction of sp³-hybridized carbons (Fsp3) is 0.158. The number of esters is 1. The van der Waals surface area contributed by atoms with Gasteiger partial charge in [-0.25, -0.2) is 13.9 Å². The number of Topliss-reactive ketones (excluding diaryl/α,β-unsaturated/α-hetero) is 1. The molecule has 1 aromatic heterocycles. The molecule has 0 radical (unpaired) electrons. The Labute approximate surface area is 147 Å². The second kappa shape index (κ2) is 7.26. The van der Waals surface area contributed by atoms with Crippen molar-refractivity contribution in [1.29, 1.82) is 0 Å². The van der Waals surface area contributed by atoms with Gasteiger partial charge in [-0.05, 0) is 37.3 Å². The Kier molecular flexibility index (Phi) is 4.88. The largest absolute Gasteiger partial charge is 0.452 e. The smallest absolute Gasteiger partial charge is 0.359 e. The Morgan fingerprint density at radius 3 is 2.38 bits per heavy atom. The zero-order valence-electron chi connectivity index (χ0n) is 13.9. The molecule has 0 aliphatic carbocycles. The van der Waals surface area contributed by atoms with Crippen molar-refractivity contribution in [2.45, 2.75) is 13.5 Å². The molecule has 0 bridgehead atoms. The van der Waals surface area contributed by atoms with E-state index >= 15 is 0 Å². The number of fused-ring (bicyclic) bond motifs is 1. The maximum absolute atomic E-state index is 12.9. The van der Waals surface area contributed by atoms with Crippen LogP contribution in [-0.4, -0.2) is 28.1 Å². The molecule has 0 amide bonds. The molecule has 0 atom stereocenters. The van der Waals surface area contributed by atoms with Gasteiger partial charge in [0.15, 0.2) is 18.1 Å². The van der Waals surface area contributed by atoms with Crippen LogP contribution < -0.4 is 5.56 Å². The fourth-order valence-electron chi connectivity index (χ4n) is 2.52. The number of rotatable bonds is 5. The molecule has 0 saturated heterocycles. The number of ketones is 1. The van der Waals surface area contributed by atoms with E-state index in [0.717, 1.165) is 12.1 Å². The first-order valence-corrected chi connectivity index (χ1v) is 7.97. The predicted octanol–water partition coefficient (Wildman–Crippen LogP) is 2.60. The Balaban J connectivity index is 1.86. The summed E-state index contributed by atoms with van der Waals surface area (Å²) in [5.74, 6) is -1.73.